The summed E-state index contributed by atoms with van der Waals surface area (Å²) in [4.78, 5) is 25.8. The Balaban J connectivity index is 1.61. The molecule has 6 heteroatoms. The zero-order valence-corrected chi connectivity index (χ0v) is 16.5. The molecule has 150 valence electrons. The van der Waals surface area contributed by atoms with Gasteiger partial charge in [-0.25, -0.2) is 0 Å². The second-order valence-corrected chi connectivity index (χ2v) is 6.58. The van der Waals surface area contributed by atoms with E-state index in [4.69, 9.17) is 4.74 Å². The van der Waals surface area contributed by atoms with E-state index in [1.165, 1.54) is 11.8 Å². The molecule has 0 aliphatic heterocycles. The Labute approximate surface area is 175 Å². The molecule has 0 aliphatic carbocycles. The van der Waals surface area contributed by atoms with Gasteiger partial charge in [-0.15, -0.1) is 0 Å². The number of nitrogens with zero attached hydrogens (tertiary/aromatic N) is 2. The molecule has 0 heterocycles. The van der Waals surface area contributed by atoms with Crippen LogP contribution < -0.4 is 15.0 Å². The highest BCUT2D eigenvalue weighted by atomic mass is 16.5. The van der Waals surface area contributed by atoms with Crippen LogP contribution in [-0.4, -0.2) is 18.4 Å². The van der Waals surface area contributed by atoms with Gasteiger partial charge in [0.1, 0.15) is 25.0 Å². The van der Waals surface area contributed by atoms with Crippen LogP contribution in [0.15, 0.2) is 78.9 Å². The lowest BCUT2D eigenvalue weighted by molar-refractivity contribution is -0.120. The van der Waals surface area contributed by atoms with E-state index in [1.807, 2.05) is 36.4 Å². The highest BCUT2D eigenvalue weighted by Gasteiger charge is 2.18. The molecule has 0 radical (unpaired) electrons. The SMILES string of the molecule is CC(=O)N(CC(=O)Nc1ccc(OCc2ccccc2)cc1)c1ccccc1C#N. The Morgan fingerprint density at radius 2 is 1.63 bits per heavy atom. The molecular formula is C24H21N3O3. The van der Waals surface area contributed by atoms with Gasteiger partial charge >= 0.3 is 0 Å². The number of ether oxygens (including phenoxy) is 1. The van der Waals surface area contributed by atoms with Gasteiger partial charge in [0.15, 0.2) is 0 Å². The molecule has 0 bridgehead atoms. The summed E-state index contributed by atoms with van der Waals surface area (Å²) < 4.78 is 5.74. The van der Waals surface area contributed by atoms with Crippen LogP contribution in [0.2, 0.25) is 0 Å². The maximum absolute atomic E-state index is 12.5. The number of hydrogen-bond donors (Lipinski definition) is 1. The Bertz CT molecular complexity index is 1060. The van der Waals surface area contributed by atoms with E-state index >= 15 is 0 Å². The molecule has 6 nitrogen and oxygen atoms in total. The van der Waals surface area contributed by atoms with Crippen LogP contribution in [0.4, 0.5) is 11.4 Å². The zero-order valence-electron chi connectivity index (χ0n) is 16.5. The summed E-state index contributed by atoms with van der Waals surface area (Å²) in [5.74, 6) is -0.00133. The van der Waals surface area contributed by atoms with Crippen molar-refractivity contribution in [3.63, 3.8) is 0 Å². The molecule has 3 aromatic rings. The minimum Gasteiger partial charge on any atom is -0.489 e. The van der Waals surface area contributed by atoms with E-state index in [2.05, 4.69) is 5.32 Å². The van der Waals surface area contributed by atoms with E-state index in [-0.39, 0.29) is 18.4 Å². The second kappa shape index (κ2) is 9.89. The standard InChI is InChI=1S/C24H21N3O3/c1-18(28)27(23-10-6-5-9-20(23)15-25)16-24(29)26-21-11-13-22(14-12-21)30-17-19-7-3-2-4-8-19/h2-14H,16-17H2,1H3,(H,26,29). The van der Waals surface area contributed by atoms with E-state index < -0.39 is 0 Å². The molecule has 3 rings (SSSR count). The molecular weight excluding hydrogens is 378 g/mol. The number of rotatable bonds is 7. The topological polar surface area (TPSA) is 82.4 Å². The summed E-state index contributed by atoms with van der Waals surface area (Å²) in [7, 11) is 0. The summed E-state index contributed by atoms with van der Waals surface area (Å²) in [5, 5.41) is 12.0. The molecule has 0 saturated carbocycles. The molecule has 0 aliphatic rings. The molecule has 0 atom stereocenters. The van der Waals surface area contributed by atoms with Crippen LogP contribution in [0.25, 0.3) is 0 Å². The molecule has 0 spiro atoms. The van der Waals surface area contributed by atoms with Crippen LogP contribution in [-0.2, 0) is 16.2 Å². The fourth-order valence-corrected chi connectivity index (χ4v) is 2.89. The summed E-state index contributed by atoms with van der Waals surface area (Å²) in [6.45, 7) is 1.62. The summed E-state index contributed by atoms with van der Waals surface area (Å²) in [6.07, 6.45) is 0. The fourth-order valence-electron chi connectivity index (χ4n) is 2.89. The van der Waals surface area contributed by atoms with Gasteiger partial charge in [-0.05, 0) is 42.0 Å². The predicted octanol–water partition coefficient (Wildman–Crippen LogP) is 4.13. The van der Waals surface area contributed by atoms with Crippen molar-refractivity contribution < 1.29 is 14.3 Å². The van der Waals surface area contributed by atoms with E-state index in [9.17, 15) is 14.9 Å². The molecule has 0 fully saturated rings. The van der Waals surface area contributed by atoms with Gasteiger partial charge < -0.3 is 15.0 Å². The minimum absolute atomic E-state index is 0.194. The number of hydrogen-bond acceptors (Lipinski definition) is 4. The van der Waals surface area contributed by atoms with Crippen molar-refractivity contribution in [2.24, 2.45) is 0 Å². The smallest absolute Gasteiger partial charge is 0.244 e. The van der Waals surface area contributed by atoms with Crippen LogP contribution in [0.5, 0.6) is 5.75 Å². The number of nitriles is 1. The lowest BCUT2D eigenvalue weighted by atomic mass is 10.1. The molecule has 0 aromatic heterocycles. The number of amides is 2. The average molecular weight is 399 g/mol. The summed E-state index contributed by atoms with van der Waals surface area (Å²) in [6, 6.07) is 25.6. The molecule has 30 heavy (non-hydrogen) atoms. The molecule has 3 aromatic carbocycles. The van der Waals surface area contributed by atoms with E-state index in [0.29, 0.717) is 29.3 Å². The first kappa shape index (κ1) is 20.6. The zero-order chi connectivity index (χ0) is 21.3. The summed E-state index contributed by atoms with van der Waals surface area (Å²) >= 11 is 0. The molecule has 2 amide bonds. The minimum atomic E-state index is -0.365. The van der Waals surface area contributed by atoms with Crippen molar-refractivity contribution >= 4 is 23.2 Å². The van der Waals surface area contributed by atoms with E-state index in [1.54, 1.807) is 48.5 Å². The van der Waals surface area contributed by atoms with Crippen molar-refractivity contribution in [3.05, 3.63) is 90.0 Å². The van der Waals surface area contributed by atoms with Crippen LogP contribution in [0, 0.1) is 11.3 Å². The number of para-hydroxylation sites is 1. The third kappa shape index (κ3) is 5.46. The third-order valence-electron chi connectivity index (χ3n) is 4.38. The monoisotopic (exact) mass is 399 g/mol. The second-order valence-electron chi connectivity index (χ2n) is 6.58. The van der Waals surface area contributed by atoms with Gasteiger partial charge in [-0.3, -0.25) is 9.59 Å². The number of anilines is 2. The Hall–Kier alpha value is -4.11. The lowest BCUT2D eigenvalue weighted by Gasteiger charge is -2.21. The maximum atomic E-state index is 12.5. The van der Waals surface area contributed by atoms with Gasteiger partial charge in [0.2, 0.25) is 11.8 Å². The van der Waals surface area contributed by atoms with Gasteiger partial charge in [0.25, 0.3) is 0 Å². The highest BCUT2D eigenvalue weighted by molar-refractivity contribution is 6.02. The normalized spacial score (nSPS) is 10.0. The molecule has 0 unspecified atom stereocenters. The highest BCUT2D eigenvalue weighted by Crippen LogP contribution is 2.21. The number of nitrogens with one attached hydrogen (secondary N) is 1. The van der Waals surface area contributed by atoms with Crippen molar-refractivity contribution in [2.45, 2.75) is 13.5 Å². The first-order chi connectivity index (χ1) is 14.6. The van der Waals surface area contributed by atoms with Crippen LogP contribution in [0.3, 0.4) is 0 Å². The third-order valence-corrected chi connectivity index (χ3v) is 4.38. The Morgan fingerprint density at radius 3 is 2.30 bits per heavy atom. The molecule has 0 saturated heterocycles. The van der Waals surface area contributed by atoms with Gasteiger partial charge in [-0.1, -0.05) is 42.5 Å². The maximum Gasteiger partial charge on any atom is 0.244 e. The Morgan fingerprint density at radius 1 is 0.967 bits per heavy atom. The van der Waals surface area contributed by atoms with Crippen LogP contribution >= 0.6 is 0 Å². The first-order valence-electron chi connectivity index (χ1n) is 9.40. The first-order valence-corrected chi connectivity index (χ1v) is 9.40. The van der Waals surface area contributed by atoms with E-state index in [0.717, 1.165) is 5.56 Å². The van der Waals surface area contributed by atoms with Crippen molar-refractivity contribution in [3.8, 4) is 11.8 Å². The largest absolute Gasteiger partial charge is 0.489 e. The quantitative estimate of drug-likeness (QED) is 0.648. The van der Waals surface area contributed by atoms with Crippen molar-refractivity contribution in [2.75, 3.05) is 16.8 Å². The fraction of sp³-hybridized carbons (Fsp3) is 0.125. The van der Waals surface area contributed by atoms with Crippen molar-refractivity contribution in [1.29, 1.82) is 5.26 Å². The number of benzene rings is 3. The Kier molecular flexibility index (Phi) is 6.80. The lowest BCUT2D eigenvalue weighted by Crippen LogP contribution is -2.37. The van der Waals surface area contributed by atoms with Gasteiger partial charge in [0.05, 0.1) is 11.3 Å². The van der Waals surface area contributed by atoms with Crippen molar-refractivity contribution in [1.82, 2.24) is 0 Å². The van der Waals surface area contributed by atoms with Crippen LogP contribution in [0.1, 0.15) is 18.1 Å². The number of carbonyl (C=O) groups is 2. The average Bonchev–Trinajstić information content (AvgIpc) is 2.77. The number of carbonyl (C=O) groups excluding carboxylic acids is 2. The van der Waals surface area contributed by atoms with Gasteiger partial charge in [-0.2, -0.15) is 5.26 Å². The predicted molar refractivity (Wildman–Crippen MR) is 115 cm³/mol. The molecule has 1 N–H and O–H groups in total. The van der Waals surface area contributed by atoms with Gasteiger partial charge in [0, 0.05) is 12.6 Å². The summed E-state index contributed by atoms with van der Waals surface area (Å²) in [5.41, 5.74) is 2.40.